The number of nitrogens with zero attached hydrogens (tertiary/aromatic N) is 1. The molecular weight excluding hydrogens is 378 g/mol. The summed E-state index contributed by atoms with van der Waals surface area (Å²) in [7, 11) is 1.66. The smallest absolute Gasteiger partial charge is 0.319 e. The van der Waals surface area contributed by atoms with E-state index in [1.165, 1.54) is 0 Å². The van der Waals surface area contributed by atoms with Crippen molar-refractivity contribution in [3.8, 4) is 5.75 Å². The van der Waals surface area contributed by atoms with E-state index in [0.29, 0.717) is 19.8 Å². The molecule has 1 fully saturated rings. The molecule has 0 spiro atoms. The van der Waals surface area contributed by atoms with Crippen LogP contribution in [-0.2, 0) is 4.74 Å². The van der Waals surface area contributed by atoms with Crippen LogP contribution in [0.25, 0.3) is 10.8 Å². The number of hydrogen-bond acceptors (Lipinski definition) is 4. The van der Waals surface area contributed by atoms with Crippen molar-refractivity contribution in [1.29, 1.82) is 0 Å². The summed E-state index contributed by atoms with van der Waals surface area (Å²) in [6, 6.07) is 21.8. The van der Waals surface area contributed by atoms with Crippen LogP contribution in [0.4, 0.5) is 10.5 Å². The Balaban J connectivity index is 1.46. The molecule has 1 aliphatic rings. The molecule has 6 heteroatoms. The third kappa shape index (κ3) is 4.72. The minimum atomic E-state index is -0.210. The van der Waals surface area contributed by atoms with Gasteiger partial charge in [0.05, 0.1) is 32.1 Å². The SMILES string of the molecule is COc1ccc([C@@H](CNC(=O)Nc2cccc3ccccc23)N2CCOCC2)cc1. The van der Waals surface area contributed by atoms with Crippen LogP contribution in [0, 0.1) is 0 Å². The lowest BCUT2D eigenvalue weighted by atomic mass is 10.0. The molecule has 2 N–H and O–H groups in total. The van der Waals surface area contributed by atoms with Gasteiger partial charge in [-0.2, -0.15) is 0 Å². The van der Waals surface area contributed by atoms with E-state index in [1.807, 2.05) is 54.6 Å². The molecule has 2 amide bonds. The summed E-state index contributed by atoms with van der Waals surface area (Å²) in [5, 5.41) is 8.18. The first kappa shape index (κ1) is 20.2. The molecule has 0 bridgehead atoms. The maximum atomic E-state index is 12.7. The van der Waals surface area contributed by atoms with Gasteiger partial charge in [-0.3, -0.25) is 4.90 Å². The quantitative estimate of drug-likeness (QED) is 0.650. The monoisotopic (exact) mass is 405 g/mol. The largest absolute Gasteiger partial charge is 0.497 e. The molecule has 0 aliphatic carbocycles. The lowest BCUT2D eigenvalue weighted by molar-refractivity contribution is 0.0167. The normalized spacial score (nSPS) is 15.5. The highest BCUT2D eigenvalue weighted by molar-refractivity contribution is 6.01. The van der Waals surface area contributed by atoms with Gasteiger partial charge < -0.3 is 20.1 Å². The van der Waals surface area contributed by atoms with Crippen molar-refractivity contribution in [2.24, 2.45) is 0 Å². The standard InChI is InChI=1S/C24H27N3O3/c1-29-20-11-9-19(10-12-20)23(27-13-15-30-16-14-27)17-25-24(28)26-22-8-4-6-18-5-2-3-7-21(18)22/h2-12,23H,13-17H2,1H3,(H2,25,26,28)/t23-/m1/s1. The first-order valence-corrected chi connectivity index (χ1v) is 10.2. The molecule has 1 aliphatic heterocycles. The van der Waals surface area contributed by atoms with Gasteiger partial charge >= 0.3 is 6.03 Å². The lowest BCUT2D eigenvalue weighted by Crippen LogP contribution is -2.44. The van der Waals surface area contributed by atoms with Crippen LogP contribution >= 0.6 is 0 Å². The molecule has 4 rings (SSSR count). The van der Waals surface area contributed by atoms with E-state index in [2.05, 4.69) is 27.7 Å². The number of benzene rings is 3. The second-order valence-corrected chi connectivity index (χ2v) is 7.30. The zero-order valence-corrected chi connectivity index (χ0v) is 17.1. The summed E-state index contributed by atoms with van der Waals surface area (Å²) in [4.78, 5) is 15.0. The molecule has 156 valence electrons. The number of urea groups is 1. The van der Waals surface area contributed by atoms with Gasteiger partial charge in [-0.05, 0) is 29.1 Å². The van der Waals surface area contributed by atoms with Gasteiger partial charge in [-0.25, -0.2) is 4.79 Å². The van der Waals surface area contributed by atoms with E-state index in [9.17, 15) is 4.79 Å². The summed E-state index contributed by atoms with van der Waals surface area (Å²) in [5.41, 5.74) is 1.95. The molecule has 3 aromatic rings. The molecule has 30 heavy (non-hydrogen) atoms. The third-order valence-electron chi connectivity index (χ3n) is 5.48. The molecule has 0 unspecified atom stereocenters. The molecule has 1 atom stereocenters. The van der Waals surface area contributed by atoms with Gasteiger partial charge in [0, 0.05) is 25.0 Å². The van der Waals surface area contributed by atoms with Crippen molar-refractivity contribution in [2.45, 2.75) is 6.04 Å². The van der Waals surface area contributed by atoms with E-state index in [4.69, 9.17) is 9.47 Å². The van der Waals surface area contributed by atoms with Crippen molar-refractivity contribution in [3.63, 3.8) is 0 Å². The van der Waals surface area contributed by atoms with Crippen LogP contribution in [0.5, 0.6) is 5.75 Å². The minimum Gasteiger partial charge on any atom is -0.497 e. The fourth-order valence-corrected chi connectivity index (χ4v) is 3.86. The summed E-state index contributed by atoms with van der Waals surface area (Å²) in [6.45, 7) is 3.58. The average molecular weight is 405 g/mol. The highest BCUT2D eigenvalue weighted by atomic mass is 16.5. The number of hydrogen-bond donors (Lipinski definition) is 2. The number of amides is 2. The molecule has 0 radical (unpaired) electrons. The molecule has 1 heterocycles. The molecule has 0 saturated carbocycles. The van der Waals surface area contributed by atoms with Crippen LogP contribution in [0.2, 0.25) is 0 Å². The van der Waals surface area contributed by atoms with Crippen LogP contribution in [0.15, 0.2) is 66.7 Å². The number of carbonyl (C=O) groups excluding carboxylic acids is 1. The lowest BCUT2D eigenvalue weighted by Gasteiger charge is -2.35. The predicted molar refractivity (Wildman–Crippen MR) is 119 cm³/mol. The van der Waals surface area contributed by atoms with E-state index < -0.39 is 0 Å². The van der Waals surface area contributed by atoms with E-state index >= 15 is 0 Å². The first-order chi connectivity index (χ1) is 14.7. The van der Waals surface area contributed by atoms with E-state index in [-0.39, 0.29) is 12.1 Å². The van der Waals surface area contributed by atoms with Gasteiger partial charge in [-0.1, -0.05) is 48.5 Å². The van der Waals surface area contributed by atoms with Gasteiger partial charge in [0.1, 0.15) is 5.75 Å². The predicted octanol–water partition coefficient (Wildman–Crippen LogP) is 4.04. The van der Waals surface area contributed by atoms with Gasteiger partial charge in [0.25, 0.3) is 0 Å². The Morgan fingerprint density at radius 1 is 1.03 bits per heavy atom. The first-order valence-electron chi connectivity index (χ1n) is 10.2. The number of anilines is 1. The molecule has 0 aromatic heterocycles. The average Bonchev–Trinajstić information content (AvgIpc) is 2.80. The van der Waals surface area contributed by atoms with Crippen LogP contribution in [-0.4, -0.2) is 50.9 Å². The fourth-order valence-electron chi connectivity index (χ4n) is 3.86. The van der Waals surface area contributed by atoms with Crippen molar-refractivity contribution in [2.75, 3.05) is 45.3 Å². The Labute approximate surface area is 176 Å². The highest BCUT2D eigenvalue weighted by Crippen LogP contribution is 2.25. The number of methoxy groups -OCH3 is 1. The second kappa shape index (κ2) is 9.61. The number of rotatable bonds is 6. The van der Waals surface area contributed by atoms with Crippen molar-refractivity contribution < 1.29 is 14.3 Å². The maximum Gasteiger partial charge on any atom is 0.319 e. The summed E-state index contributed by atoms with van der Waals surface area (Å²) >= 11 is 0. The van der Waals surface area contributed by atoms with Gasteiger partial charge in [0.2, 0.25) is 0 Å². The molecular formula is C24H27N3O3. The number of ether oxygens (including phenoxy) is 2. The zero-order valence-electron chi connectivity index (χ0n) is 17.1. The summed E-state index contributed by atoms with van der Waals surface area (Å²) in [5.74, 6) is 0.820. The Hall–Kier alpha value is -3.09. The molecule has 3 aromatic carbocycles. The summed E-state index contributed by atoms with van der Waals surface area (Å²) < 4.78 is 10.8. The number of morpholine rings is 1. The molecule has 6 nitrogen and oxygen atoms in total. The number of fused-ring (bicyclic) bond motifs is 1. The van der Waals surface area contributed by atoms with Gasteiger partial charge in [-0.15, -0.1) is 0 Å². The third-order valence-corrected chi connectivity index (χ3v) is 5.48. The van der Waals surface area contributed by atoms with E-state index in [0.717, 1.165) is 40.9 Å². The Kier molecular flexibility index (Phi) is 6.47. The topological polar surface area (TPSA) is 62.8 Å². The molecule has 1 saturated heterocycles. The Bertz CT molecular complexity index is 979. The highest BCUT2D eigenvalue weighted by Gasteiger charge is 2.23. The van der Waals surface area contributed by atoms with Gasteiger partial charge in [0.15, 0.2) is 0 Å². The maximum absolute atomic E-state index is 12.7. The zero-order chi connectivity index (χ0) is 20.8. The summed E-state index contributed by atoms with van der Waals surface area (Å²) in [6.07, 6.45) is 0. The number of carbonyl (C=O) groups is 1. The van der Waals surface area contributed by atoms with Crippen LogP contribution in [0.1, 0.15) is 11.6 Å². The Morgan fingerprint density at radius 3 is 2.53 bits per heavy atom. The Morgan fingerprint density at radius 2 is 1.77 bits per heavy atom. The van der Waals surface area contributed by atoms with Crippen LogP contribution in [0.3, 0.4) is 0 Å². The fraction of sp³-hybridized carbons (Fsp3) is 0.292. The van der Waals surface area contributed by atoms with Crippen molar-refractivity contribution in [3.05, 3.63) is 72.3 Å². The number of nitrogens with one attached hydrogen (secondary N) is 2. The van der Waals surface area contributed by atoms with E-state index in [1.54, 1.807) is 7.11 Å². The minimum absolute atomic E-state index is 0.0677. The van der Waals surface area contributed by atoms with Crippen molar-refractivity contribution in [1.82, 2.24) is 10.2 Å². The second-order valence-electron chi connectivity index (χ2n) is 7.30. The van der Waals surface area contributed by atoms with Crippen molar-refractivity contribution >= 4 is 22.5 Å². The van der Waals surface area contributed by atoms with Crippen LogP contribution < -0.4 is 15.4 Å².